The van der Waals surface area contributed by atoms with Crippen molar-refractivity contribution in [1.82, 2.24) is 10.2 Å². The lowest BCUT2D eigenvalue weighted by atomic mass is 10.1. The normalized spacial score (nSPS) is 15.4. The van der Waals surface area contributed by atoms with Crippen LogP contribution in [0, 0.1) is 0 Å². The highest BCUT2D eigenvalue weighted by Gasteiger charge is 2.14. The molecule has 2 aromatic carbocycles. The third-order valence-corrected chi connectivity index (χ3v) is 5.94. The minimum absolute atomic E-state index is 0.139. The fourth-order valence-electron chi connectivity index (χ4n) is 3.38. The molecule has 0 unspecified atom stereocenters. The van der Waals surface area contributed by atoms with Crippen LogP contribution in [0.15, 0.2) is 47.4 Å². The molecule has 0 aliphatic carbocycles. The van der Waals surface area contributed by atoms with Crippen LogP contribution in [0.25, 0.3) is 0 Å². The van der Waals surface area contributed by atoms with Crippen LogP contribution in [0.4, 0.5) is 0 Å². The number of hydrogen-bond donors (Lipinski definition) is 2. The standard InChI is InChI=1S/C21H29N3O4S/c1-27-21-7-4-18(14-19(21)16-24-10-12-28-13-11-24)15-23-9-8-17-2-5-20(6-3-17)29(22,25)26/h2-7,14,23H,8-13,15-16H2,1H3,(H2,22,25,26). The summed E-state index contributed by atoms with van der Waals surface area (Å²) in [7, 11) is -1.93. The van der Waals surface area contributed by atoms with Crippen molar-refractivity contribution in [3.05, 3.63) is 59.2 Å². The van der Waals surface area contributed by atoms with E-state index in [0.29, 0.717) is 0 Å². The number of ether oxygens (including phenoxy) is 2. The fourth-order valence-corrected chi connectivity index (χ4v) is 3.89. The van der Waals surface area contributed by atoms with Gasteiger partial charge in [-0.25, -0.2) is 13.6 Å². The minimum atomic E-state index is -3.64. The Kier molecular flexibility index (Phi) is 7.63. The van der Waals surface area contributed by atoms with Gasteiger partial charge in [-0.05, 0) is 48.4 Å². The summed E-state index contributed by atoms with van der Waals surface area (Å²) in [5, 5.41) is 8.57. The SMILES string of the molecule is COc1ccc(CNCCc2ccc(S(N)(=O)=O)cc2)cc1CN1CCOCC1. The van der Waals surface area contributed by atoms with E-state index in [2.05, 4.69) is 22.3 Å². The van der Waals surface area contributed by atoms with E-state index in [1.54, 1.807) is 31.4 Å². The van der Waals surface area contributed by atoms with Crippen molar-refractivity contribution in [3.8, 4) is 5.75 Å². The Bertz CT molecular complexity index is 895. The number of methoxy groups -OCH3 is 1. The first-order valence-electron chi connectivity index (χ1n) is 9.74. The molecule has 3 N–H and O–H groups in total. The van der Waals surface area contributed by atoms with Crippen molar-refractivity contribution in [2.75, 3.05) is 40.0 Å². The first-order chi connectivity index (χ1) is 14.0. The van der Waals surface area contributed by atoms with E-state index < -0.39 is 10.0 Å². The first-order valence-corrected chi connectivity index (χ1v) is 11.3. The molecule has 3 rings (SSSR count). The number of nitrogens with two attached hydrogens (primary N) is 1. The van der Waals surface area contributed by atoms with Crippen LogP contribution in [0.1, 0.15) is 16.7 Å². The highest BCUT2D eigenvalue weighted by atomic mass is 32.2. The molecule has 0 spiro atoms. The Labute approximate surface area is 172 Å². The van der Waals surface area contributed by atoms with Crippen LogP contribution in [0.5, 0.6) is 5.75 Å². The van der Waals surface area contributed by atoms with Gasteiger partial charge in [-0.15, -0.1) is 0 Å². The van der Waals surface area contributed by atoms with Crippen LogP contribution < -0.4 is 15.2 Å². The minimum Gasteiger partial charge on any atom is -0.496 e. The van der Waals surface area contributed by atoms with Crippen molar-refractivity contribution < 1.29 is 17.9 Å². The van der Waals surface area contributed by atoms with Crippen molar-refractivity contribution in [2.24, 2.45) is 5.14 Å². The predicted molar refractivity (Wildman–Crippen MR) is 112 cm³/mol. The van der Waals surface area contributed by atoms with Gasteiger partial charge in [-0.2, -0.15) is 0 Å². The summed E-state index contributed by atoms with van der Waals surface area (Å²) in [6.45, 7) is 5.85. The number of hydrogen-bond acceptors (Lipinski definition) is 6. The molecule has 0 aromatic heterocycles. The number of rotatable bonds is 9. The second-order valence-corrected chi connectivity index (χ2v) is 8.71. The average Bonchev–Trinajstić information content (AvgIpc) is 2.72. The van der Waals surface area contributed by atoms with Gasteiger partial charge in [-0.3, -0.25) is 4.90 Å². The summed E-state index contributed by atoms with van der Waals surface area (Å²) in [4.78, 5) is 2.52. The van der Waals surface area contributed by atoms with Gasteiger partial charge in [0.25, 0.3) is 0 Å². The third-order valence-electron chi connectivity index (χ3n) is 5.01. The number of morpholine rings is 1. The van der Waals surface area contributed by atoms with Crippen LogP contribution >= 0.6 is 0 Å². The smallest absolute Gasteiger partial charge is 0.238 e. The molecule has 1 fully saturated rings. The van der Waals surface area contributed by atoms with E-state index in [1.165, 1.54) is 11.1 Å². The summed E-state index contributed by atoms with van der Waals surface area (Å²) >= 11 is 0. The van der Waals surface area contributed by atoms with Gasteiger partial charge < -0.3 is 14.8 Å². The molecular weight excluding hydrogens is 390 g/mol. The second kappa shape index (κ2) is 10.2. The zero-order valence-electron chi connectivity index (χ0n) is 16.8. The molecule has 0 saturated carbocycles. The summed E-state index contributed by atoms with van der Waals surface area (Å²) in [6.07, 6.45) is 0.807. The number of nitrogens with zero attached hydrogens (tertiary/aromatic N) is 1. The van der Waals surface area contributed by atoms with Gasteiger partial charge in [0.1, 0.15) is 5.75 Å². The highest BCUT2D eigenvalue weighted by Crippen LogP contribution is 2.22. The van der Waals surface area contributed by atoms with Crippen molar-refractivity contribution in [2.45, 2.75) is 24.4 Å². The van der Waals surface area contributed by atoms with Crippen molar-refractivity contribution in [3.63, 3.8) is 0 Å². The maximum Gasteiger partial charge on any atom is 0.238 e. The molecule has 0 radical (unpaired) electrons. The summed E-state index contributed by atoms with van der Waals surface area (Å²) < 4.78 is 33.6. The molecule has 1 aliphatic rings. The largest absolute Gasteiger partial charge is 0.496 e. The van der Waals surface area contributed by atoms with E-state index in [4.69, 9.17) is 14.6 Å². The molecular formula is C21H29N3O4S. The Morgan fingerprint density at radius 1 is 1.10 bits per heavy atom. The van der Waals surface area contributed by atoms with Gasteiger partial charge in [0.2, 0.25) is 10.0 Å². The Balaban J connectivity index is 1.51. The summed E-state index contributed by atoms with van der Waals surface area (Å²) in [5.41, 5.74) is 3.46. The van der Waals surface area contributed by atoms with Crippen LogP contribution in [-0.2, 0) is 34.3 Å². The molecule has 1 heterocycles. The highest BCUT2D eigenvalue weighted by molar-refractivity contribution is 7.89. The van der Waals surface area contributed by atoms with Crippen molar-refractivity contribution in [1.29, 1.82) is 0 Å². The maximum absolute atomic E-state index is 11.3. The molecule has 7 nitrogen and oxygen atoms in total. The quantitative estimate of drug-likeness (QED) is 0.599. The van der Waals surface area contributed by atoms with E-state index in [-0.39, 0.29) is 4.90 Å². The van der Waals surface area contributed by atoms with Gasteiger partial charge in [0.15, 0.2) is 0 Å². The van der Waals surface area contributed by atoms with Crippen molar-refractivity contribution >= 4 is 10.0 Å². The lowest BCUT2D eigenvalue weighted by molar-refractivity contribution is 0.0339. The molecule has 29 heavy (non-hydrogen) atoms. The molecule has 1 aliphatic heterocycles. The molecule has 0 atom stereocenters. The number of nitrogens with one attached hydrogen (secondary N) is 1. The van der Waals surface area contributed by atoms with Crippen LogP contribution in [0.3, 0.4) is 0 Å². The van der Waals surface area contributed by atoms with Crippen LogP contribution in [-0.4, -0.2) is 53.3 Å². The maximum atomic E-state index is 11.3. The predicted octanol–water partition coefficient (Wildman–Crippen LogP) is 1.51. The van der Waals surface area contributed by atoms with Gasteiger partial charge in [0, 0.05) is 31.7 Å². The molecule has 1 saturated heterocycles. The zero-order valence-corrected chi connectivity index (χ0v) is 17.6. The van der Waals surface area contributed by atoms with E-state index in [0.717, 1.165) is 63.7 Å². The van der Waals surface area contributed by atoms with Crippen LogP contribution in [0.2, 0.25) is 0 Å². The summed E-state index contributed by atoms with van der Waals surface area (Å²) in [6, 6.07) is 13.0. The third kappa shape index (κ3) is 6.52. The number of benzene rings is 2. The Morgan fingerprint density at radius 3 is 2.45 bits per heavy atom. The Hall–Kier alpha value is -1.97. The summed E-state index contributed by atoms with van der Waals surface area (Å²) in [5.74, 6) is 0.912. The lowest BCUT2D eigenvalue weighted by Crippen LogP contribution is -2.35. The molecule has 158 valence electrons. The molecule has 8 heteroatoms. The second-order valence-electron chi connectivity index (χ2n) is 7.15. The Morgan fingerprint density at radius 2 is 1.79 bits per heavy atom. The average molecular weight is 420 g/mol. The van der Waals surface area contributed by atoms with E-state index >= 15 is 0 Å². The monoisotopic (exact) mass is 419 g/mol. The molecule has 0 bridgehead atoms. The zero-order chi connectivity index (χ0) is 20.7. The first kappa shape index (κ1) is 21.7. The number of primary sulfonamides is 1. The van der Waals surface area contributed by atoms with Gasteiger partial charge >= 0.3 is 0 Å². The molecule has 0 amide bonds. The van der Waals surface area contributed by atoms with Gasteiger partial charge in [-0.1, -0.05) is 18.2 Å². The lowest BCUT2D eigenvalue weighted by Gasteiger charge is -2.27. The van der Waals surface area contributed by atoms with E-state index in [9.17, 15) is 8.42 Å². The topological polar surface area (TPSA) is 93.9 Å². The van der Waals surface area contributed by atoms with Gasteiger partial charge in [0.05, 0.1) is 25.2 Å². The fraction of sp³-hybridized carbons (Fsp3) is 0.429. The number of sulfonamides is 1. The van der Waals surface area contributed by atoms with E-state index in [1.807, 2.05) is 6.07 Å². The molecule has 2 aromatic rings.